The fourth-order valence-corrected chi connectivity index (χ4v) is 2.83. The number of carbonyl (C=O) groups is 1. The average Bonchev–Trinajstić information content (AvgIpc) is 3.18. The van der Waals surface area contributed by atoms with Gasteiger partial charge >= 0.3 is 0 Å². The Morgan fingerprint density at radius 1 is 1.48 bits per heavy atom. The highest BCUT2D eigenvalue weighted by Gasteiger charge is 2.21. The molecule has 0 aromatic carbocycles. The third-order valence-electron chi connectivity index (χ3n) is 3.91. The number of hydrogen-bond donors (Lipinski definition) is 1. The van der Waals surface area contributed by atoms with E-state index < -0.39 is 0 Å². The monoisotopic (exact) mass is 310 g/mol. The summed E-state index contributed by atoms with van der Waals surface area (Å²) in [4.78, 5) is 22.9. The summed E-state index contributed by atoms with van der Waals surface area (Å²) in [7, 11) is 0. The predicted molar refractivity (Wildman–Crippen MR) is 79.7 cm³/mol. The highest BCUT2D eigenvalue weighted by molar-refractivity contribution is 6.33. The third kappa shape index (κ3) is 3.44. The van der Waals surface area contributed by atoms with Crippen LogP contribution in [0.2, 0.25) is 5.02 Å². The molecule has 1 N–H and O–H groups in total. The third-order valence-corrected chi connectivity index (χ3v) is 4.19. The molecule has 2 aliphatic rings. The second-order valence-corrected chi connectivity index (χ2v) is 5.91. The summed E-state index contributed by atoms with van der Waals surface area (Å²) >= 11 is 6.06. The van der Waals surface area contributed by atoms with Crippen LogP contribution in [0.25, 0.3) is 0 Å². The molecule has 3 rings (SSSR count). The Morgan fingerprint density at radius 2 is 2.29 bits per heavy atom. The van der Waals surface area contributed by atoms with Crippen LogP contribution in [0.3, 0.4) is 0 Å². The van der Waals surface area contributed by atoms with Crippen molar-refractivity contribution in [2.45, 2.75) is 19.3 Å². The molecule has 0 unspecified atom stereocenters. The van der Waals surface area contributed by atoms with Crippen molar-refractivity contribution in [2.75, 3.05) is 37.7 Å². The summed E-state index contributed by atoms with van der Waals surface area (Å²) < 4.78 is 5.30. The molecule has 1 amide bonds. The lowest BCUT2D eigenvalue weighted by Crippen LogP contribution is -2.31. The molecule has 2 fully saturated rings. The van der Waals surface area contributed by atoms with Gasteiger partial charge in [-0.05, 0) is 19.3 Å². The van der Waals surface area contributed by atoms with Gasteiger partial charge in [-0.25, -0.2) is 9.97 Å². The van der Waals surface area contributed by atoms with Crippen LogP contribution in [-0.4, -0.2) is 48.7 Å². The highest BCUT2D eigenvalue weighted by atomic mass is 35.5. The lowest BCUT2D eigenvalue weighted by Gasteiger charge is -2.16. The zero-order valence-electron chi connectivity index (χ0n) is 11.8. The molecule has 0 aliphatic carbocycles. The lowest BCUT2D eigenvalue weighted by molar-refractivity contribution is 0.0940. The summed E-state index contributed by atoms with van der Waals surface area (Å²) in [5.74, 6) is 0.730. The number of halogens is 1. The minimum Gasteiger partial charge on any atom is -0.381 e. The number of rotatable bonds is 4. The fourth-order valence-electron chi connectivity index (χ4n) is 2.65. The summed E-state index contributed by atoms with van der Waals surface area (Å²) in [6.45, 7) is 3.94. The molecule has 2 saturated heterocycles. The number of ether oxygens (including phenoxy) is 1. The van der Waals surface area contributed by atoms with Crippen LogP contribution in [0, 0.1) is 5.92 Å². The first kappa shape index (κ1) is 14.5. The van der Waals surface area contributed by atoms with Crippen LogP contribution < -0.4 is 10.2 Å². The van der Waals surface area contributed by atoms with Crippen LogP contribution in [0.4, 0.5) is 5.95 Å². The van der Waals surface area contributed by atoms with E-state index >= 15 is 0 Å². The Bertz CT molecular complexity index is 514. The van der Waals surface area contributed by atoms with E-state index in [-0.39, 0.29) is 16.6 Å². The zero-order chi connectivity index (χ0) is 14.7. The molecule has 1 atom stereocenters. The van der Waals surface area contributed by atoms with E-state index in [9.17, 15) is 4.79 Å². The van der Waals surface area contributed by atoms with Gasteiger partial charge in [-0.2, -0.15) is 0 Å². The van der Waals surface area contributed by atoms with Crippen LogP contribution in [0.5, 0.6) is 0 Å². The van der Waals surface area contributed by atoms with E-state index in [0.717, 1.165) is 39.0 Å². The largest absolute Gasteiger partial charge is 0.381 e. The van der Waals surface area contributed by atoms with Crippen LogP contribution >= 0.6 is 11.6 Å². The number of nitrogens with one attached hydrogen (secondary N) is 1. The van der Waals surface area contributed by atoms with E-state index in [1.54, 1.807) is 0 Å². The molecule has 6 nitrogen and oxygen atoms in total. The highest BCUT2D eigenvalue weighted by Crippen LogP contribution is 2.20. The standard InChI is InChI=1S/C14H19ClN4O2/c15-11-8-17-14(19-4-1-2-5-19)18-12(11)13(20)16-7-10-3-6-21-9-10/h8,10H,1-7,9H2,(H,16,20)/t10-/m1/s1. The van der Waals surface area contributed by atoms with E-state index in [0.29, 0.717) is 25.0 Å². The Morgan fingerprint density at radius 3 is 3.00 bits per heavy atom. The van der Waals surface area contributed by atoms with Gasteiger partial charge in [0.1, 0.15) is 0 Å². The number of amides is 1. The van der Waals surface area contributed by atoms with Gasteiger partial charge in [0.25, 0.3) is 5.91 Å². The molecular formula is C14H19ClN4O2. The van der Waals surface area contributed by atoms with Gasteiger partial charge in [-0.1, -0.05) is 11.6 Å². The van der Waals surface area contributed by atoms with Gasteiger partial charge in [-0.3, -0.25) is 4.79 Å². The first-order chi connectivity index (χ1) is 10.2. The first-order valence-corrected chi connectivity index (χ1v) is 7.75. The van der Waals surface area contributed by atoms with Crippen molar-refractivity contribution < 1.29 is 9.53 Å². The summed E-state index contributed by atoms with van der Waals surface area (Å²) in [6.07, 6.45) is 4.76. The summed E-state index contributed by atoms with van der Waals surface area (Å²) in [5.41, 5.74) is 0.257. The predicted octanol–water partition coefficient (Wildman–Crippen LogP) is 1.50. The molecular weight excluding hydrogens is 292 g/mol. The van der Waals surface area contributed by atoms with Crippen molar-refractivity contribution in [1.82, 2.24) is 15.3 Å². The Kier molecular flexibility index (Phi) is 4.55. The van der Waals surface area contributed by atoms with Gasteiger partial charge in [0.2, 0.25) is 5.95 Å². The SMILES string of the molecule is O=C(NC[C@H]1CCOC1)c1nc(N2CCCC2)ncc1Cl. The minimum absolute atomic E-state index is 0.241. The topological polar surface area (TPSA) is 67.3 Å². The summed E-state index contributed by atoms with van der Waals surface area (Å²) in [5, 5.41) is 3.18. The van der Waals surface area contributed by atoms with Crippen LogP contribution in [-0.2, 0) is 4.74 Å². The van der Waals surface area contributed by atoms with E-state index in [4.69, 9.17) is 16.3 Å². The maximum atomic E-state index is 12.2. The molecule has 114 valence electrons. The number of hydrogen-bond acceptors (Lipinski definition) is 5. The van der Waals surface area contributed by atoms with Crippen molar-refractivity contribution in [2.24, 2.45) is 5.92 Å². The normalized spacial score (nSPS) is 21.8. The minimum atomic E-state index is -0.241. The van der Waals surface area contributed by atoms with Gasteiger partial charge < -0.3 is 15.0 Å². The van der Waals surface area contributed by atoms with E-state index in [1.165, 1.54) is 6.20 Å². The number of nitrogens with zero attached hydrogens (tertiary/aromatic N) is 3. The van der Waals surface area contributed by atoms with Gasteiger partial charge in [-0.15, -0.1) is 0 Å². The Hall–Kier alpha value is -1.40. The summed E-state index contributed by atoms with van der Waals surface area (Å²) in [6, 6.07) is 0. The molecule has 0 saturated carbocycles. The van der Waals surface area contributed by atoms with Crippen molar-refractivity contribution in [1.29, 1.82) is 0 Å². The maximum absolute atomic E-state index is 12.2. The average molecular weight is 311 g/mol. The van der Waals surface area contributed by atoms with Gasteiger partial charge in [0.05, 0.1) is 17.8 Å². The van der Waals surface area contributed by atoms with E-state index in [1.807, 2.05) is 0 Å². The smallest absolute Gasteiger partial charge is 0.271 e. The molecule has 0 radical (unpaired) electrons. The van der Waals surface area contributed by atoms with E-state index in [2.05, 4.69) is 20.2 Å². The lowest BCUT2D eigenvalue weighted by atomic mass is 10.1. The first-order valence-electron chi connectivity index (χ1n) is 7.37. The Labute approximate surface area is 128 Å². The van der Waals surface area contributed by atoms with Crippen LogP contribution in [0.1, 0.15) is 29.8 Å². The van der Waals surface area contributed by atoms with Crippen molar-refractivity contribution in [3.8, 4) is 0 Å². The molecule has 0 spiro atoms. The second kappa shape index (κ2) is 6.58. The molecule has 1 aromatic heterocycles. The fraction of sp³-hybridized carbons (Fsp3) is 0.643. The molecule has 1 aromatic rings. The van der Waals surface area contributed by atoms with Crippen molar-refractivity contribution >= 4 is 23.5 Å². The molecule has 3 heterocycles. The molecule has 0 bridgehead atoms. The number of aromatic nitrogens is 2. The van der Waals surface area contributed by atoms with Gasteiger partial charge in [0.15, 0.2) is 5.69 Å². The molecule has 21 heavy (non-hydrogen) atoms. The molecule has 2 aliphatic heterocycles. The van der Waals surface area contributed by atoms with Crippen LogP contribution in [0.15, 0.2) is 6.20 Å². The quantitative estimate of drug-likeness (QED) is 0.913. The second-order valence-electron chi connectivity index (χ2n) is 5.50. The van der Waals surface area contributed by atoms with Gasteiger partial charge in [0, 0.05) is 32.2 Å². The number of carbonyl (C=O) groups excluding carboxylic acids is 1. The number of anilines is 1. The van der Waals surface area contributed by atoms with Crippen molar-refractivity contribution in [3.05, 3.63) is 16.9 Å². The Balaban J connectivity index is 1.67. The maximum Gasteiger partial charge on any atom is 0.271 e. The van der Waals surface area contributed by atoms with Crippen molar-refractivity contribution in [3.63, 3.8) is 0 Å². The molecule has 7 heteroatoms. The zero-order valence-corrected chi connectivity index (χ0v) is 12.6.